The minimum absolute atomic E-state index is 0.631. The van der Waals surface area contributed by atoms with Gasteiger partial charge in [0.1, 0.15) is 5.75 Å². The second-order valence-corrected chi connectivity index (χ2v) is 9.23. The van der Waals surface area contributed by atoms with E-state index in [0.717, 1.165) is 56.0 Å². The topological polar surface area (TPSA) is 34.2 Å². The van der Waals surface area contributed by atoms with Crippen LogP contribution < -0.4 is 4.74 Å². The van der Waals surface area contributed by atoms with Crippen molar-refractivity contribution < 1.29 is 8.92 Å². The number of ether oxygens (including phenoxy) is 1. The van der Waals surface area contributed by atoms with E-state index in [1.807, 2.05) is 0 Å². The van der Waals surface area contributed by atoms with Gasteiger partial charge in [0, 0.05) is 23.9 Å². The fraction of sp³-hybridized carbons (Fsp3) is 0.385. The van der Waals surface area contributed by atoms with Gasteiger partial charge in [0.25, 0.3) is 0 Å². The molecule has 0 saturated heterocycles. The molecule has 3 aromatic rings. The highest BCUT2D eigenvalue weighted by molar-refractivity contribution is 7.94. The van der Waals surface area contributed by atoms with E-state index in [9.17, 15) is 0 Å². The molecule has 2 aliphatic rings. The standard InChI is InChI=1S/C26H29NO2S/c1-2-8-21-16-22(15-20(21)7-1)23-17-24(27-18-23)11-3-4-14-29-30-25-12-5-9-19-10-6-13-28-26(19)25/h1-2,5,7-9,12,17-18,22,27H,3-4,6,10-11,13-16H2. The van der Waals surface area contributed by atoms with Gasteiger partial charge in [0.05, 0.1) is 18.1 Å². The van der Waals surface area contributed by atoms with E-state index >= 15 is 0 Å². The predicted octanol–water partition coefficient (Wildman–Crippen LogP) is 6.27. The van der Waals surface area contributed by atoms with Crippen LogP contribution in [0.25, 0.3) is 0 Å². The lowest BCUT2D eigenvalue weighted by Gasteiger charge is -2.19. The van der Waals surface area contributed by atoms with E-state index in [1.165, 1.54) is 52.8 Å². The monoisotopic (exact) mass is 419 g/mol. The van der Waals surface area contributed by atoms with Crippen molar-refractivity contribution >= 4 is 12.0 Å². The van der Waals surface area contributed by atoms with Gasteiger partial charge in [-0.1, -0.05) is 36.4 Å². The number of aromatic nitrogens is 1. The van der Waals surface area contributed by atoms with Crippen LogP contribution in [-0.4, -0.2) is 18.2 Å². The molecule has 5 rings (SSSR count). The summed E-state index contributed by atoms with van der Waals surface area (Å²) in [5.41, 5.74) is 7.15. The Morgan fingerprint density at radius 3 is 2.70 bits per heavy atom. The maximum atomic E-state index is 5.87. The number of hydrogen-bond acceptors (Lipinski definition) is 3. The van der Waals surface area contributed by atoms with Gasteiger partial charge in [-0.25, -0.2) is 0 Å². The Morgan fingerprint density at radius 2 is 1.83 bits per heavy atom. The fourth-order valence-electron chi connectivity index (χ4n) is 4.64. The molecule has 0 unspecified atom stereocenters. The van der Waals surface area contributed by atoms with Crippen molar-refractivity contribution in [2.24, 2.45) is 0 Å². The zero-order chi connectivity index (χ0) is 20.2. The molecule has 1 aliphatic carbocycles. The predicted molar refractivity (Wildman–Crippen MR) is 122 cm³/mol. The van der Waals surface area contributed by atoms with Crippen LogP contribution in [0.5, 0.6) is 5.75 Å². The van der Waals surface area contributed by atoms with Crippen LogP contribution >= 0.6 is 12.0 Å². The van der Waals surface area contributed by atoms with Crippen molar-refractivity contribution in [1.82, 2.24) is 4.98 Å². The number of aryl methyl sites for hydroxylation is 2. The number of para-hydroxylation sites is 1. The molecule has 1 aromatic heterocycles. The summed E-state index contributed by atoms with van der Waals surface area (Å²) in [4.78, 5) is 4.61. The lowest BCUT2D eigenvalue weighted by atomic mass is 9.98. The van der Waals surface area contributed by atoms with Crippen molar-refractivity contribution in [3.8, 4) is 5.75 Å². The molecule has 156 valence electrons. The summed E-state index contributed by atoms with van der Waals surface area (Å²) in [6.07, 6.45) is 10.1. The molecular formula is C26H29NO2S. The molecule has 2 aromatic carbocycles. The van der Waals surface area contributed by atoms with Crippen molar-refractivity contribution in [1.29, 1.82) is 0 Å². The van der Waals surface area contributed by atoms with Crippen LogP contribution in [-0.2, 0) is 29.9 Å². The number of aromatic amines is 1. The van der Waals surface area contributed by atoms with E-state index in [-0.39, 0.29) is 0 Å². The zero-order valence-electron chi connectivity index (χ0n) is 17.4. The van der Waals surface area contributed by atoms with E-state index in [1.54, 1.807) is 0 Å². The summed E-state index contributed by atoms with van der Waals surface area (Å²) >= 11 is 1.46. The van der Waals surface area contributed by atoms with Crippen molar-refractivity contribution in [3.05, 3.63) is 82.7 Å². The third kappa shape index (κ3) is 4.45. The molecule has 0 atom stereocenters. The highest BCUT2D eigenvalue weighted by atomic mass is 32.2. The van der Waals surface area contributed by atoms with Gasteiger partial charge in [0.15, 0.2) is 0 Å². The Kier molecular flexibility index (Phi) is 6.14. The normalized spacial score (nSPS) is 15.6. The van der Waals surface area contributed by atoms with E-state index in [0.29, 0.717) is 5.92 Å². The van der Waals surface area contributed by atoms with Gasteiger partial charge in [-0.2, -0.15) is 0 Å². The SMILES string of the molecule is c1ccc2c(c1)CC(c1c[nH]c(CCCCOSc3cccc4c3OCCC4)c1)C2. The van der Waals surface area contributed by atoms with E-state index < -0.39 is 0 Å². The second kappa shape index (κ2) is 9.32. The zero-order valence-corrected chi connectivity index (χ0v) is 18.2. The first-order valence-electron chi connectivity index (χ1n) is 11.1. The van der Waals surface area contributed by atoms with Gasteiger partial charge in [-0.3, -0.25) is 0 Å². The maximum Gasteiger partial charge on any atom is 0.138 e. The van der Waals surface area contributed by atoms with Gasteiger partial charge >= 0.3 is 0 Å². The van der Waals surface area contributed by atoms with Gasteiger partial charge in [-0.05, 0) is 85.3 Å². The third-order valence-corrected chi connectivity index (χ3v) is 7.04. The van der Waals surface area contributed by atoms with Gasteiger partial charge < -0.3 is 13.9 Å². The van der Waals surface area contributed by atoms with Crippen LogP contribution in [0, 0.1) is 0 Å². The smallest absolute Gasteiger partial charge is 0.138 e. The molecule has 1 N–H and O–H groups in total. The lowest BCUT2D eigenvalue weighted by molar-refractivity contribution is 0.279. The Balaban J connectivity index is 1.04. The summed E-state index contributed by atoms with van der Waals surface area (Å²) in [5.74, 6) is 1.66. The van der Waals surface area contributed by atoms with Crippen molar-refractivity contribution in [2.75, 3.05) is 13.2 Å². The molecule has 3 nitrogen and oxygen atoms in total. The minimum atomic E-state index is 0.631. The van der Waals surface area contributed by atoms with Crippen LogP contribution in [0.3, 0.4) is 0 Å². The average molecular weight is 420 g/mol. The molecule has 30 heavy (non-hydrogen) atoms. The number of nitrogens with one attached hydrogen (secondary N) is 1. The van der Waals surface area contributed by atoms with Gasteiger partial charge in [-0.15, -0.1) is 0 Å². The van der Waals surface area contributed by atoms with Gasteiger partial charge in [0.2, 0.25) is 0 Å². The largest absolute Gasteiger partial charge is 0.492 e. The molecule has 1 aliphatic heterocycles. The first-order valence-corrected chi connectivity index (χ1v) is 11.9. The van der Waals surface area contributed by atoms with Crippen LogP contribution in [0.1, 0.15) is 53.1 Å². The Labute approximate surface area is 183 Å². The molecule has 0 bridgehead atoms. The second-order valence-electron chi connectivity index (χ2n) is 8.39. The molecule has 4 heteroatoms. The molecule has 0 radical (unpaired) electrons. The molecule has 0 spiro atoms. The van der Waals surface area contributed by atoms with Crippen LogP contribution in [0.2, 0.25) is 0 Å². The Bertz CT molecular complexity index is 971. The molecular weight excluding hydrogens is 390 g/mol. The Hall–Kier alpha value is -2.17. The summed E-state index contributed by atoms with van der Waals surface area (Å²) in [6.45, 7) is 1.58. The first-order chi connectivity index (χ1) is 14.9. The summed E-state index contributed by atoms with van der Waals surface area (Å²) in [7, 11) is 0. The summed E-state index contributed by atoms with van der Waals surface area (Å²) in [5, 5.41) is 0. The average Bonchev–Trinajstić information content (AvgIpc) is 3.43. The third-order valence-electron chi connectivity index (χ3n) is 6.26. The van der Waals surface area contributed by atoms with Crippen LogP contribution in [0.4, 0.5) is 0 Å². The van der Waals surface area contributed by atoms with E-state index in [2.05, 4.69) is 59.7 Å². The summed E-state index contributed by atoms with van der Waals surface area (Å²) < 4.78 is 11.7. The number of H-pyrrole nitrogens is 1. The van der Waals surface area contributed by atoms with Crippen molar-refractivity contribution in [2.45, 2.75) is 55.8 Å². The Morgan fingerprint density at radius 1 is 1.00 bits per heavy atom. The molecule has 0 saturated carbocycles. The molecule has 2 heterocycles. The highest BCUT2D eigenvalue weighted by Crippen LogP contribution is 2.36. The van der Waals surface area contributed by atoms with Crippen molar-refractivity contribution in [3.63, 3.8) is 0 Å². The van der Waals surface area contributed by atoms with Crippen LogP contribution in [0.15, 0.2) is 59.6 Å². The quantitative estimate of drug-likeness (QED) is 0.345. The molecule has 0 fully saturated rings. The minimum Gasteiger partial charge on any atom is -0.492 e. The number of unbranched alkanes of at least 4 members (excludes halogenated alkanes) is 1. The highest BCUT2D eigenvalue weighted by Gasteiger charge is 2.23. The first kappa shape index (κ1) is 19.8. The fourth-order valence-corrected chi connectivity index (χ4v) is 5.37. The van der Waals surface area contributed by atoms with E-state index in [4.69, 9.17) is 8.92 Å². The number of rotatable bonds is 8. The molecule has 0 amide bonds. The lowest BCUT2D eigenvalue weighted by Crippen LogP contribution is -2.09. The maximum absolute atomic E-state index is 5.87. The summed E-state index contributed by atoms with van der Waals surface area (Å²) in [6, 6.07) is 17.6. The number of hydrogen-bond donors (Lipinski definition) is 1. The number of benzene rings is 2. The number of fused-ring (bicyclic) bond motifs is 2.